The summed E-state index contributed by atoms with van der Waals surface area (Å²) in [4.78, 5) is 8.44. The van der Waals surface area contributed by atoms with Crippen LogP contribution in [0.25, 0.3) is 0 Å². The zero-order valence-corrected chi connectivity index (χ0v) is 6.99. The largest absolute Gasteiger partial charge is 0.235 e. The molecule has 2 rings (SSSR count). The molecule has 1 aliphatic heterocycles. The van der Waals surface area contributed by atoms with E-state index in [0.717, 1.165) is 30.2 Å². The van der Waals surface area contributed by atoms with Gasteiger partial charge in [0.1, 0.15) is 11.5 Å². The average molecular weight is 160 g/mol. The minimum atomic E-state index is 0.765. The number of aromatic nitrogens is 1. The number of aliphatic imine (C=N–C) groups is 1. The number of rotatable bonds is 2. The van der Waals surface area contributed by atoms with Crippen LogP contribution in [0.4, 0.5) is 11.5 Å². The first-order valence-corrected chi connectivity index (χ1v) is 4.14. The molecule has 0 saturated heterocycles. The summed E-state index contributed by atoms with van der Waals surface area (Å²) in [5, 5.41) is 4.28. The van der Waals surface area contributed by atoms with E-state index in [1.165, 1.54) is 0 Å². The van der Waals surface area contributed by atoms with Crippen molar-refractivity contribution in [3.8, 4) is 0 Å². The third-order valence-corrected chi connectivity index (χ3v) is 1.72. The summed E-state index contributed by atoms with van der Waals surface area (Å²) in [6.45, 7) is 2.12. The minimum absolute atomic E-state index is 0.765. The molecule has 12 heavy (non-hydrogen) atoms. The molecule has 0 fully saturated rings. The van der Waals surface area contributed by atoms with Crippen molar-refractivity contribution >= 4 is 17.3 Å². The van der Waals surface area contributed by atoms with Crippen LogP contribution in [0.1, 0.15) is 19.8 Å². The third kappa shape index (κ3) is 1.18. The highest BCUT2D eigenvalue weighted by atomic mass is 15.1. The molecule has 1 aromatic rings. The van der Waals surface area contributed by atoms with Crippen LogP contribution < -0.4 is 5.32 Å². The SMILES string of the molecule is CCCC1=Nc2cccnc2[N]1. The monoisotopic (exact) mass is 160 g/mol. The maximum atomic E-state index is 4.33. The first kappa shape index (κ1) is 7.28. The standard InChI is InChI=1S/C9H10N3/c1-2-4-8-11-7-5-3-6-10-9(7)12-8/h3,5-6H,2,4H2,1H3. The Morgan fingerprint density at radius 1 is 1.42 bits per heavy atom. The molecule has 1 aliphatic rings. The Hall–Kier alpha value is -1.38. The Morgan fingerprint density at radius 3 is 3.08 bits per heavy atom. The molecule has 3 heteroatoms. The molecule has 61 valence electrons. The predicted octanol–water partition coefficient (Wildman–Crippen LogP) is 2.16. The second kappa shape index (κ2) is 2.93. The fourth-order valence-corrected chi connectivity index (χ4v) is 1.18. The zero-order valence-electron chi connectivity index (χ0n) is 6.99. The van der Waals surface area contributed by atoms with Crippen molar-refractivity contribution in [3.05, 3.63) is 18.3 Å². The van der Waals surface area contributed by atoms with Crippen molar-refractivity contribution in [2.24, 2.45) is 4.99 Å². The summed E-state index contributed by atoms with van der Waals surface area (Å²) in [5.74, 6) is 1.67. The summed E-state index contributed by atoms with van der Waals surface area (Å²) in [6.07, 6.45) is 3.76. The predicted molar refractivity (Wildman–Crippen MR) is 48.0 cm³/mol. The topological polar surface area (TPSA) is 39.4 Å². The second-order valence-corrected chi connectivity index (χ2v) is 2.74. The van der Waals surface area contributed by atoms with Crippen molar-refractivity contribution in [1.82, 2.24) is 10.3 Å². The van der Waals surface area contributed by atoms with E-state index in [4.69, 9.17) is 0 Å². The molecule has 0 unspecified atom stereocenters. The van der Waals surface area contributed by atoms with Gasteiger partial charge in [-0.1, -0.05) is 6.92 Å². The van der Waals surface area contributed by atoms with Crippen LogP contribution >= 0.6 is 0 Å². The molecule has 0 saturated carbocycles. The molecule has 2 heterocycles. The molecular weight excluding hydrogens is 150 g/mol. The van der Waals surface area contributed by atoms with Crippen molar-refractivity contribution < 1.29 is 0 Å². The summed E-state index contributed by atoms with van der Waals surface area (Å²) in [6, 6.07) is 3.82. The number of nitrogens with zero attached hydrogens (tertiary/aromatic N) is 3. The molecule has 0 bridgehead atoms. The first-order chi connectivity index (χ1) is 5.90. The molecule has 1 radical (unpaired) electrons. The van der Waals surface area contributed by atoms with Crippen LogP contribution in [0.15, 0.2) is 23.3 Å². The Bertz CT molecular complexity index is 317. The average Bonchev–Trinajstić information content (AvgIpc) is 2.47. The maximum absolute atomic E-state index is 4.33. The molecule has 0 spiro atoms. The van der Waals surface area contributed by atoms with Crippen molar-refractivity contribution in [2.75, 3.05) is 0 Å². The van der Waals surface area contributed by atoms with Gasteiger partial charge in [-0.25, -0.2) is 15.3 Å². The van der Waals surface area contributed by atoms with Gasteiger partial charge in [0.2, 0.25) is 0 Å². The second-order valence-electron chi connectivity index (χ2n) is 2.74. The summed E-state index contributed by atoms with van der Waals surface area (Å²) < 4.78 is 0. The van der Waals surface area contributed by atoms with E-state index in [0.29, 0.717) is 0 Å². The van der Waals surface area contributed by atoms with Gasteiger partial charge in [-0.3, -0.25) is 0 Å². The van der Waals surface area contributed by atoms with Crippen LogP contribution in [-0.2, 0) is 0 Å². The Labute approximate surface area is 71.6 Å². The lowest BCUT2D eigenvalue weighted by Crippen LogP contribution is -2.05. The smallest absolute Gasteiger partial charge is 0.179 e. The lowest BCUT2D eigenvalue weighted by atomic mass is 10.3. The normalized spacial score (nSPS) is 13.6. The van der Waals surface area contributed by atoms with Crippen molar-refractivity contribution in [2.45, 2.75) is 19.8 Å². The van der Waals surface area contributed by atoms with Crippen LogP contribution in [0.5, 0.6) is 0 Å². The van der Waals surface area contributed by atoms with E-state index in [1.54, 1.807) is 6.20 Å². The molecule has 0 aromatic carbocycles. The van der Waals surface area contributed by atoms with Gasteiger partial charge in [-0.15, -0.1) is 0 Å². The minimum Gasteiger partial charge on any atom is -0.235 e. The van der Waals surface area contributed by atoms with Gasteiger partial charge >= 0.3 is 0 Å². The van der Waals surface area contributed by atoms with Crippen molar-refractivity contribution in [1.29, 1.82) is 0 Å². The van der Waals surface area contributed by atoms with Gasteiger partial charge in [0.15, 0.2) is 5.82 Å². The number of pyridine rings is 1. The van der Waals surface area contributed by atoms with Gasteiger partial charge in [0, 0.05) is 12.6 Å². The number of hydrogen-bond acceptors (Lipinski definition) is 2. The molecule has 0 atom stereocenters. The van der Waals surface area contributed by atoms with Gasteiger partial charge in [0.25, 0.3) is 0 Å². The quantitative estimate of drug-likeness (QED) is 0.653. The highest BCUT2D eigenvalue weighted by molar-refractivity contribution is 5.94. The van der Waals surface area contributed by atoms with E-state index >= 15 is 0 Å². The number of amidine groups is 1. The first-order valence-electron chi connectivity index (χ1n) is 4.14. The van der Waals surface area contributed by atoms with Crippen LogP contribution in [0.3, 0.4) is 0 Å². The lowest BCUT2D eigenvalue weighted by molar-refractivity contribution is 0.963. The highest BCUT2D eigenvalue weighted by Crippen LogP contribution is 2.27. The van der Waals surface area contributed by atoms with E-state index in [2.05, 4.69) is 22.2 Å². The van der Waals surface area contributed by atoms with E-state index in [-0.39, 0.29) is 0 Å². The van der Waals surface area contributed by atoms with Gasteiger partial charge in [-0.2, -0.15) is 0 Å². The molecule has 0 N–H and O–H groups in total. The Morgan fingerprint density at radius 2 is 2.33 bits per heavy atom. The van der Waals surface area contributed by atoms with Crippen LogP contribution in [-0.4, -0.2) is 10.8 Å². The van der Waals surface area contributed by atoms with E-state index < -0.39 is 0 Å². The Balaban J connectivity index is 2.23. The lowest BCUT2D eigenvalue weighted by Gasteiger charge is -1.94. The highest BCUT2D eigenvalue weighted by Gasteiger charge is 2.14. The summed E-state index contributed by atoms with van der Waals surface area (Å²) in [7, 11) is 0. The number of fused-ring (bicyclic) bond motifs is 1. The van der Waals surface area contributed by atoms with Gasteiger partial charge < -0.3 is 0 Å². The third-order valence-electron chi connectivity index (χ3n) is 1.72. The summed E-state index contributed by atoms with van der Waals surface area (Å²) in [5.41, 5.74) is 0.904. The maximum Gasteiger partial charge on any atom is 0.179 e. The van der Waals surface area contributed by atoms with E-state index in [1.807, 2.05) is 12.1 Å². The fraction of sp³-hybridized carbons (Fsp3) is 0.333. The Kier molecular flexibility index (Phi) is 1.78. The molecular formula is C9H10N3. The zero-order chi connectivity index (χ0) is 8.39. The molecule has 3 nitrogen and oxygen atoms in total. The fourth-order valence-electron chi connectivity index (χ4n) is 1.18. The molecule has 0 aliphatic carbocycles. The van der Waals surface area contributed by atoms with Gasteiger partial charge in [0.05, 0.1) is 0 Å². The number of hydrogen-bond donors (Lipinski definition) is 0. The summed E-state index contributed by atoms with van der Waals surface area (Å²) >= 11 is 0. The molecule has 0 amide bonds. The van der Waals surface area contributed by atoms with Gasteiger partial charge in [-0.05, 0) is 18.6 Å². The van der Waals surface area contributed by atoms with Crippen LogP contribution in [0, 0.1) is 0 Å². The molecule has 1 aromatic heterocycles. The van der Waals surface area contributed by atoms with E-state index in [9.17, 15) is 0 Å². The van der Waals surface area contributed by atoms with Crippen LogP contribution in [0.2, 0.25) is 0 Å². The van der Waals surface area contributed by atoms with Crippen molar-refractivity contribution in [3.63, 3.8) is 0 Å².